The van der Waals surface area contributed by atoms with Gasteiger partial charge < -0.3 is 14.4 Å². The van der Waals surface area contributed by atoms with Crippen molar-refractivity contribution in [2.75, 3.05) is 51.8 Å². The van der Waals surface area contributed by atoms with Crippen LogP contribution in [0.2, 0.25) is 0 Å². The first kappa shape index (κ1) is 25.7. The molecule has 0 N–H and O–H groups in total. The summed E-state index contributed by atoms with van der Waals surface area (Å²) in [6, 6.07) is 20.4. The van der Waals surface area contributed by atoms with E-state index < -0.39 is 0 Å². The minimum absolute atomic E-state index is 0.0555. The molecule has 0 radical (unpaired) electrons. The van der Waals surface area contributed by atoms with Crippen molar-refractivity contribution in [1.29, 1.82) is 0 Å². The standard InChI is InChI=1S/C30H33FN4O3/c1-21-8-4-5-9-23(21)28-19-26(24-13-12-22(37-2)18-29(24)38-3)32-35(28)30(36)20-33-14-16-34(17-15-33)27-11-7-6-10-25(27)31/h4-13,18,28H,14-17,19-20H2,1-3H3/t28-/m1/s1. The highest BCUT2D eigenvalue weighted by Gasteiger charge is 2.35. The number of halogens is 1. The number of para-hydroxylation sites is 1. The van der Waals surface area contributed by atoms with Gasteiger partial charge in [-0.2, -0.15) is 5.10 Å². The van der Waals surface area contributed by atoms with Crippen LogP contribution in [0.5, 0.6) is 11.5 Å². The molecule has 2 aliphatic heterocycles. The number of hydrogen-bond donors (Lipinski definition) is 0. The number of carbonyl (C=O) groups excluding carboxylic acids is 1. The number of hydrazone groups is 1. The number of nitrogens with zero attached hydrogens (tertiary/aromatic N) is 4. The Labute approximate surface area is 223 Å². The van der Waals surface area contributed by atoms with E-state index in [1.165, 1.54) is 6.07 Å². The molecule has 7 nitrogen and oxygen atoms in total. The van der Waals surface area contributed by atoms with Crippen LogP contribution in [-0.2, 0) is 4.79 Å². The van der Waals surface area contributed by atoms with E-state index in [1.807, 2.05) is 41.3 Å². The molecular weight excluding hydrogens is 483 g/mol. The molecule has 38 heavy (non-hydrogen) atoms. The number of aryl methyl sites for hydroxylation is 1. The predicted molar refractivity (Wildman–Crippen MR) is 147 cm³/mol. The number of anilines is 1. The highest BCUT2D eigenvalue weighted by Crippen LogP contribution is 2.37. The van der Waals surface area contributed by atoms with E-state index in [2.05, 4.69) is 24.0 Å². The fourth-order valence-corrected chi connectivity index (χ4v) is 5.26. The zero-order chi connectivity index (χ0) is 26.6. The van der Waals surface area contributed by atoms with Gasteiger partial charge in [0.1, 0.15) is 17.3 Å². The lowest BCUT2D eigenvalue weighted by molar-refractivity contribution is -0.134. The van der Waals surface area contributed by atoms with Crippen molar-refractivity contribution >= 4 is 17.3 Å². The Morgan fingerprint density at radius 1 is 0.974 bits per heavy atom. The maximum Gasteiger partial charge on any atom is 0.257 e. The number of rotatable bonds is 7. The van der Waals surface area contributed by atoms with Crippen LogP contribution in [0.25, 0.3) is 0 Å². The van der Waals surface area contributed by atoms with Crippen molar-refractivity contribution in [3.63, 3.8) is 0 Å². The molecule has 5 rings (SSSR count). The number of carbonyl (C=O) groups is 1. The van der Waals surface area contributed by atoms with E-state index in [4.69, 9.17) is 14.6 Å². The highest BCUT2D eigenvalue weighted by atomic mass is 19.1. The molecule has 0 aliphatic carbocycles. The van der Waals surface area contributed by atoms with Crippen LogP contribution < -0.4 is 14.4 Å². The monoisotopic (exact) mass is 516 g/mol. The van der Waals surface area contributed by atoms with Gasteiger partial charge >= 0.3 is 0 Å². The molecule has 0 spiro atoms. The second-order valence-corrected chi connectivity index (χ2v) is 9.64. The summed E-state index contributed by atoms with van der Waals surface area (Å²) >= 11 is 0. The number of piperazine rings is 1. The molecule has 1 atom stereocenters. The molecule has 0 saturated carbocycles. The van der Waals surface area contributed by atoms with Crippen LogP contribution >= 0.6 is 0 Å². The van der Waals surface area contributed by atoms with Gasteiger partial charge in [0.25, 0.3) is 5.91 Å². The van der Waals surface area contributed by atoms with Gasteiger partial charge in [0.05, 0.1) is 38.2 Å². The van der Waals surface area contributed by atoms with Crippen molar-refractivity contribution in [1.82, 2.24) is 9.91 Å². The Kier molecular flexibility index (Phi) is 7.60. The van der Waals surface area contributed by atoms with Crippen molar-refractivity contribution in [2.24, 2.45) is 5.10 Å². The average Bonchev–Trinajstić information content (AvgIpc) is 3.39. The van der Waals surface area contributed by atoms with Gasteiger partial charge in [-0.3, -0.25) is 9.69 Å². The number of amides is 1. The Morgan fingerprint density at radius 3 is 2.42 bits per heavy atom. The summed E-state index contributed by atoms with van der Waals surface area (Å²) < 4.78 is 25.2. The number of benzene rings is 3. The molecule has 198 valence electrons. The molecule has 2 aliphatic rings. The number of methoxy groups -OCH3 is 2. The third-order valence-electron chi connectivity index (χ3n) is 7.36. The fraction of sp³-hybridized carbons (Fsp3) is 0.333. The zero-order valence-corrected chi connectivity index (χ0v) is 22.1. The lowest BCUT2D eigenvalue weighted by Gasteiger charge is -2.36. The van der Waals surface area contributed by atoms with Gasteiger partial charge in [0.15, 0.2) is 0 Å². The van der Waals surface area contributed by atoms with Crippen molar-refractivity contribution in [2.45, 2.75) is 19.4 Å². The van der Waals surface area contributed by atoms with E-state index in [-0.39, 0.29) is 24.3 Å². The summed E-state index contributed by atoms with van der Waals surface area (Å²) in [5.74, 6) is 1.08. The summed E-state index contributed by atoms with van der Waals surface area (Å²) in [5, 5.41) is 6.50. The molecule has 8 heteroatoms. The Bertz CT molecular complexity index is 1340. The predicted octanol–water partition coefficient (Wildman–Crippen LogP) is 4.65. The van der Waals surface area contributed by atoms with E-state index >= 15 is 0 Å². The first-order chi connectivity index (χ1) is 18.5. The second-order valence-electron chi connectivity index (χ2n) is 9.64. The fourth-order valence-electron chi connectivity index (χ4n) is 5.26. The van der Waals surface area contributed by atoms with Crippen molar-refractivity contribution < 1.29 is 18.7 Å². The molecule has 2 heterocycles. The van der Waals surface area contributed by atoms with Gasteiger partial charge in [-0.25, -0.2) is 9.40 Å². The number of ether oxygens (including phenoxy) is 2. The summed E-state index contributed by atoms with van der Waals surface area (Å²) in [6.07, 6.45) is 0.584. The van der Waals surface area contributed by atoms with Gasteiger partial charge in [-0.05, 0) is 42.3 Å². The van der Waals surface area contributed by atoms with E-state index in [0.717, 1.165) is 22.4 Å². The third-order valence-corrected chi connectivity index (χ3v) is 7.36. The van der Waals surface area contributed by atoms with Gasteiger partial charge in [0, 0.05) is 44.2 Å². The first-order valence-electron chi connectivity index (χ1n) is 12.9. The Balaban J connectivity index is 1.36. The van der Waals surface area contributed by atoms with Crippen LogP contribution in [0.1, 0.15) is 29.2 Å². The normalized spacial score (nSPS) is 17.9. The maximum atomic E-state index is 14.2. The quantitative estimate of drug-likeness (QED) is 0.458. The van der Waals surface area contributed by atoms with Crippen molar-refractivity contribution in [3.8, 4) is 11.5 Å². The first-order valence-corrected chi connectivity index (χ1v) is 12.9. The molecule has 0 unspecified atom stereocenters. The number of hydrogen-bond acceptors (Lipinski definition) is 6. The van der Waals surface area contributed by atoms with E-state index in [0.29, 0.717) is 49.8 Å². The topological polar surface area (TPSA) is 57.6 Å². The lowest BCUT2D eigenvalue weighted by Crippen LogP contribution is -2.49. The van der Waals surface area contributed by atoms with Crippen LogP contribution in [0.3, 0.4) is 0 Å². The molecule has 0 aromatic heterocycles. The van der Waals surface area contributed by atoms with E-state index in [1.54, 1.807) is 31.4 Å². The SMILES string of the molecule is COc1ccc(C2=NN(C(=O)CN3CCN(c4ccccc4F)CC3)[C@@H](c3ccccc3C)C2)c(OC)c1. The second kappa shape index (κ2) is 11.2. The van der Waals surface area contributed by atoms with Gasteiger partial charge in [-0.15, -0.1) is 0 Å². The Hall–Kier alpha value is -3.91. The lowest BCUT2D eigenvalue weighted by atomic mass is 9.95. The molecule has 0 bridgehead atoms. The van der Waals surface area contributed by atoms with Crippen LogP contribution in [-0.4, -0.2) is 68.5 Å². The zero-order valence-electron chi connectivity index (χ0n) is 22.1. The summed E-state index contributed by atoms with van der Waals surface area (Å²) in [7, 11) is 3.24. The van der Waals surface area contributed by atoms with Crippen LogP contribution in [0.4, 0.5) is 10.1 Å². The minimum atomic E-state index is -0.217. The smallest absolute Gasteiger partial charge is 0.257 e. The largest absolute Gasteiger partial charge is 0.497 e. The Morgan fingerprint density at radius 2 is 1.71 bits per heavy atom. The third kappa shape index (κ3) is 5.22. The molecule has 1 fully saturated rings. The van der Waals surface area contributed by atoms with Crippen LogP contribution in [0, 0.1) is 12.7 Å². The average molecular weight is 517 g/mol. The molecule has 1 amide bonds. The molecular formula is C30H33FN4O3. The van der Waals surface area contributed by atoms with Gasteiger partial charge in [0.2, 0.25) is 0 Å². The summed E-state index contributed by atoms with van der Waals surface area (Å²) in [5.41, 5.74) is 4.46. The van der Waals surface area contributed by atoms with Crippen molar-refractivity contribution in [3.05, 3.63) is 89.2 Å². The van der Waals surface area contributed by atoms with Gasteiger partial charge in [-0.1, -0.05) is 36.4 Å². The molecule has 1 saturated heterocycles. The summed E-state index contributed by atoms with van der Waals surface area (Å²) in [6.45, 7) is 4.98. The summed E-state index contributed by atoms with van der Waals surface area (Å²) in [4.78, 5) is 17.9. The van der Waals surface area contributed by atoms with E-state index in [9.17, 15) is 9.18 Å². The highest BCUT2D eigenvalue weighted by molar-refractivity contribution is 6.05. The molecule has 3 aromatic carbocycles. The maximum absolute atomic E-state index is 14.2. The molecule has 3 aromatic rings. The minimum Gasteiger partial charge on any atom is -0.497 e. The van der Waals surface area contributed by atoms with Crippen LogP contribution in [0.15, 0.2) is 71.8 Å².